The molecule has 0 spiro atoms. The summed E-state index contributed by atoms with van der Waals surface area (Å²) < 4.78 is 5.58. The molecule has 3 rings (SSSR count). The number of carbonyl (C=O) groups excluding carboxylic acids is 1. The monoisotopic (exact) mass is 316 g/mol. The summed E-state index contributed by atoms with van der Waals surface area (Å²) in [7, 11) is 0. The second-order valence-electron chi connectivity index (χ2n) is 5.74. The molecule has 1 aliphatic rings. The zero-order valence-electron chi connectivity index (χ0n) is 12.9. The lowest BCUT2D eigenvalue weighted by Gasteiger charge is -2.09. The zero-order chi connectivity index (χ0) is 15.5. The van der Waals surface area contributed by atoms with Crippen LogP contribution >= 0.6 is 11.3 Å². The third-order valence-electron chi connectivity index (χ3n) is 3.55. The predicted octanol–water partition coefficient (Wildman–Crippen LogP) is 4.06. The first-order valence-electron chi connectivity index (χ1n) is 7.68. The Morgan fingerprint density at radius 2 is 1.95 bits per heavy atom. The number of amides is 1. The van der Waals surface area contributed by atoms with E-state index in [-0.39, 0.29) is 12.0 Å². The van der Waals surface area contributed by atoms with Crippen molar-refractivity contribution < 1.29 is 9.53 Å². The summed E-state index contributed by atoms with van der Waals surface area (Å²) >= 11 is 1.60. The van der Waals surface area contributed by atoms with E-state index >= 15 is 0 Å². The van der Waals surface area contributed by atoms with Crippen molar-refractivity contribution in [2.24, 2.45) is 0 Å². The molecule has 0 aliphatic heterocycles. The average molecular weight is 316 g/mol. The number of aromatic nitrogens is 1. The van der Waals surface area contributed by atoms with Crippen LogP contribution in [0.4, 0.5) is 5.13 Å². The van der Waals surface area contributed by atoms with Crippen molar-refractivity contribution in [3.05, 3.63) is 40.4 Å². The molecule has 0 unspecified atom stereocenters. The van der Waals surface area contributed by atoms with Crippen LogP contribution in [-0.2, 0) is 12.8 Å². The molecule has 1 aliphatic carbocycles. The van der Waals surface area contributed by atoms with E-state index in [0.29, 0.717) is 10.7 Å². The van der Waals surface area contributed by atoms with Gasteiger partial charge in [-0.05, 0) is 63.8 Å². The summed E-state index contributed by atoms with van der Waals surface area (Å²) in [5.74, 6) is 0.651. The summed E-state index contributed by atoms with van der Waals surface area (Å²) in [5.41, 5.74) is 1.77. The third kappa shape index (κ3) is 3.47. The number of carbonyl (C=O) groups is 1. The van der Waals surface area contributed by atoms with Crippen LogP contribution in [0.15, 0.2) is 24.3 Å². The van der Waals surface area contributed by atoms with Gasteiger partial charge in [0.2, 0.25) is 0 Å². The van der Waals surface area contributed by atoms with Crippen molar-refractivity contribution in [1.82, 2.24) is 4.98 Å². The van der Waals surface area contributed by atoms with Crippen molar-refractivity contribution in [3.63, 3.8) is 0 Å². The molecule has 0 bridgehead atoms. The molecule has 1 aromatic carbocycles. The molecule has 0 saturated carbocycles. The number of benzene rings is 1. The van der Waals surface area contributed by atoms with Gasteiger partial charge >= 0.3 is 0 Å². The number of ether oxygens (including phenoxy) is 1. The number of nitrogens with zero attached hydrogens (tertiary/aromatic N) is 1. The van der Waals surface area contributed by atoms with Gasteiger partial charge in [-0.2, -0.15) is 0 Å². The second-order valence-corrected chi connectivity index (χ2v) is 6.82. The number of aryl methyl sites for hydroxylation is 2. The van der Waals surface area contributed by atoms with Gasteiger partial charge in [0, 0.05) is 10.4 Å². The molecule has 1 N–H and O–H groups in total. The summed E-state index contributed by atoms with van der Waals surface area (Å²) in [5, 5.41) is 3.61. The lowest BCUT2D eigenvalue weighted by atomic mass is 10.0. The first-order chi connectivity index (χ1) is 10.6. The molecule has 5 heteroatoms. The Hall–Kier alpha value is -1.88. The van der Waals surface area contributed by atoms with Gasteiger partial charge in [0.1, 0.15) is 5.75 Å². The van der Waals surface area contributed by atoms with Crippen LogP contribution in [0, 0.1) is 0 Å². The van der Waals surface area contributed by atoms with Crippen molar-refractivity contribution in [2.75, 3.05) is 5.32 Å². The lowest BCUT2D eigenvalue weighted by Crippen LogP contribution is -2.12. The van der Waals surface area contributed by atoms with Gasteiger partial charge in [-0.3, -0.25) is 10.1 Å². The van der Waals surface area contributed by atoms with Crippen LogP contribution in [0.2, 0.25) is 0 Å². The molecule has 1 heterocycles. The maximum atomic E-state index is 12.3. The minimum atomic E-state index is -0.123. The first kappa shape index (κ1) is 15.0. The van der Waals surface area contributed by atoms with E-state index < -0.39 is 0 Å². The SMILES string of the molecule is CC(C)Oc1ccc(C(=O)Nc2nc3c(s2)CCCC3)cc1. The highest BCUT2D eigenvalue weighted by Crippen LogP contribution is 2.29. The highest BCUT2D eigenvalue weighted by molar-refractivity contribution is 7.15. The quantitative estimate of drug-likeness (QED) is 0.925. The number of thiazole rings is 1. The Bertz CT molecular complexity index is 638. The van der Waals surface area contributed by atoms with Crippen LogP contribution in [0.25, 0.3) is 0 Å². The second kappa shape index (κ2) is 6.48. The van der Waals surface area contributed by atoms with Gasteiger partial charge in [0.15, 0.2) is 5.13 Å². The Labute approximate surface area is 134 Å². The zero-order valence-corrected chi connectivity index (χ0v) is 13.7. The topological polar surface area (TPSA) is 51.2 Å². The van der Waals surface area contributed by atoms with Gasteiger partial charge in [-0.1, -0.05) is 0 Å². The number of hydrogen-bond donors (Lipinski definition) is 1. The Balaban J connectivity index is 1.67. The Kier molecular flexibility index (Phi) is 4.43. The van der Waals surface area contributed by atoms with E-state index in [1.807, 2.05) is 26.0 Å². The largest absolute Gasteiger partial charge is 0.491 e. The molecule has 1 aromatic heterocycles. The highest BCUT2D eigenvalue weighted by Gasteiger charge is 2.16. The maximum absolute atomic E-state index is 12.3. The maximum Gasteiger partial charge on any atom is 0.257 e. The van der Waals surface area contributed by atoms with Crippen molar-refractivity contribution in [1.29, 1.82) is 0 Å². The van der Waals surface area contributed by atoms with E-state index in [9.17, 15) is 4.79 Å². The molecule has 1 amide bonds. The van der Waals surface area contributed by atoms with Gasteiger partial charge in [-0.15, -0.1) is 11.3 Å². The smallest absolute Gasteiger partial charge is 0.257 e. The van der Waals surface area contributed by atoms with E-state index in [2.05, 4.69) is 10.3 Å². The fourth-order valence-corrected chi connectivity index (χ4v) is 3.58. The summed E-state index contributed by atoms with van der Waals surface area (Å²) in [6.07, 6.45) is 4.66. The fourth-order valence-electron chi connectivity index (χ4n) is 2.53. The standard InChI is InChI=1S/C17H20N2O2S/c1-11(2)21-13-9-7-12(8-10-13)16(20)19-17-18-14-5-3-4-6-15(14)22-17/h7-11H,3-6H2,1-2H3,(H,18,19,20). The number of nitrogens with one attached hydrogen (secondary N) is 1. The lowest BCUT2D eigenvalue weighted by molar-refractivity contribution is 0.102. The molecule has 22 heavy (non-hydrogen) atoms. The summed E-state index contributed by atoms with van der Waals surface area (Å²) in [6, 6.07) is 7.20. The van der Waals surface area contributed by atoms with E-state index in [4.69, 9.17) is 4.74 Å². The van der Waals surface area contributed by atoms with Crippen LogP contribution < -0.4 is 10.1 Å². The predicted molar refractivity (Wildman–Crippen MR) is 88.9 cm³/mol. The number of hydrogen-bond acceptors (Lipinski definition) is 4. The summed E-state index contributed by atoms with van der Waals surface area (Å²) in [4.78, 5) is 18.1. The minimum absolute atomic E-state index is 0.123. The average Bonchev–Trinajstić information content (AvgIpc) is 2.89. The third-order valence-corrected chi connectivity index (χ3v) is 4.63. The summed E-state index contributed by atoms with van der Waals surface area (Å²) in [6.45, 7) is 3.95. The number of fused-ring (bicyclic) bond motifs is 1. The van der Waals surface area contributed by atoms with Crippen LogP contribution in [0.3, 0.4) is 0 Å². The molecular weight excluding hydrogens is 296 g/mol. The molecule has 0 radical (unpaired) electrons. The highest BCUT2D eigenvalue weighted by atomic mass is 32.1. The first-order valence-corrected chi connectivity index (χ1v) is 8.50. The molecule has 0 fully saturated rings. The van der Waals surface area contributed by atoms with E-state index in [1.165, 1.54) is 17.7 Å². The van der Waals surface area contributed by atoms with Gasteiger partial charge in [0.25, 0.3) is 5.91 Å². The van der Waals surface area contributed by atoms with Crippen LogP contribution in [-0.4, -0.2) is 17.0 Å². The van der Waals surface area contributed by atoms with Crippen molar-refractivity contribution in [3.8, 4) is 5.75 Å². The molecule has 2 aromatic rings. The normalized spacial score (nSPS) is 13.8. The molecule has 0 atom stereocenters. The molecule has 0 saturated heterocycles. The van der Waals surface area contributed by atoms with Crippen LogP contribution in [0.1, 0.15) is 47.6 Å². The van der Waals surface area contributed by atoms with E-state index in [1.54, 1.807) is 23.5 Å². The minimum Gasteiger partial charge on any atom is -0.491 e. The van der Waals surface area contributed by atoms with Gasteiger partial charge < -0.3 is 4.74 Å². The van der Waals surface area contributed by atoms with Crippen molar-refractivity contribution in [2.45, 2.75) is 45.6 Å². The Morgan fingerprint density at radius 3 is 2.64 bits per heavy atom. The molecular formula is C17H20N2O2S. The Morgan fingerprint density at radius 1 is 1.23 bits per heavy atom. The van der Waals surface area contributed by atoms with Gasteiger partial charge in [0.05, 0.1) is 11.8 Å². The van der Waals surface area contributed by atoms with Crippen LogP contribution in [0.5, 0.6) is 5.75 Å². The number of anilines is 1. The fraction of sp³-hybridized carbons (Fsp3) is 0.412. The number of rotatable bonds is 4. The van der Waals surface area contributed by atoms with E-state index in [0.717, 1.165) is 24.3 Å². The van der Waals surface area contributed by atoms with Gasteiger partial charge in [-0.25, -0.2) is 4.98 Å². The molecule has 116 valence electrons. The molecule has 4 nitrogen and oxygen atoms in total. The van der Waals surface area contributed by atoms with Crippen molar-refractivity contribution >= 4 is 22.4 Å².